The molecule has 2 aliphatic heterocycles. The fourth-order valence-electron chi connectivity index (χ4n) is 4.22. The zero-order valence-corrected chi connectivity index (χ0v) is 17.9. The molecule has 1 atom stereocenters. The number of fused-ring (bicyclic) bond motifs is 2. The van der Waals surface area contributed by atoms with Gasteiger partial charge >= 0.3 is 0 Å². The number of nitrogens with one attached hydrogen (secondary N) is 2. The van der Waals surface area contributed by atoms with Gasteiger partial charge in [-0.05, 0) is 44.7 Å². The van der Waals surface area contributed by atoms with E-state index >= 15 is 0 Å². The summed E-state index contributed by atoms with van der Waals surface area (Å²) in [6.45, 7) is 7.00. The van der Waals surface area contributed by atoms with Crippen molar-refractivity contribution in [1.82, 2.24) is 25.4 Å². The standard InChI is InChI=1S/C22H31N7O/c1-3-23-22(26-18-10-11-20-25-16(2)27-29(20)15-18)24-13-6-9-21(30)28-14-12-17-7-4-5-8-19(17)28/h4-5,7-8,18H,3,6,9-15H2,1-2H3,(H2,23,24,26). The van der Waals surface area contributed by atoms with Crippen LogP contribution in [-0.2, 0) is 24.2 Å². The third-order valence-electron chi connectivity index (χ3n) is 5.66. The van der Waals surface area contributed by atoms with E-state index < -0.39 is 0 Å². The number of carbonyl (C=O) groups excluding carboxylic acids is 1. The highest BCUT2D eigenvalue weighted by Gasteiger charge is 2.24. The fourth-order valence-corrected chi connectivity index (χ4v) is 4.22. The summed E-state index contributed by atoms with van der Waals surface area (Å²) in [6.07, 6.45) is 4.13. The van der Waals surface area contributed by atoms with Crippen LogP contribution in [0.4, 0.5) is 5.69 Å². The summed E-state index contributed by atoms with van der Waals surface area (Å²) in [5, 5.41) is 11.3. The second kappa shape index (κ2) is 9.28. The van der Waals surface area contributed by atoms with Gasteiger partial charge in [-0.1, -0.05) is 18.2 Å². The molecule has 1 aromatic heterocycles. The highest BCUT2D eigenvalue weighted by Crippen LogP contribution is 2.28. The van der Waals surface area contributed by atoms with Crippen molar-refractivity contribution in [2.75, 3.05) is 24.5 Å². The Balaban J connectivity index is 1.27. The maximum atomic E-state index is 12.6. The predicted molar refractivity (Wildman–Crippen MR) is 118 cm³/mol. The van der Waals surface area contributed by atoms with Crippen LogP contribution in [0.3, 0.4) is 0 Å². The van der Waals surface area contributed by atoms with Gasteiger partial charge in [0.2, 0.25) is 5.91 Å². The molecule has 0 fully saturated rings. The lowest BCUT2D eigenvalue weighted by atomic mass is 10.1. The summed E-state index contributed by atoms with van der Waals surface area (Å²) in [6, 6.07) is 8.46. The smallest absolute Gasteiger partial charge is 0.227 e. The minimum Gasteiger partial charge on any atom is -0.357 e. The molecule has 160 valence electrons. The molecule has 0 saturated heterocycles. The van der Waals surface area contributed by atoms with Gasteiger partial charge in [-0.3, -0.25) is 9.79 Å². The van der Waals surface area contributed by atoms with Crippen molar-refractivity contribution in [2.24, 2.45) is 4.99 Å². The average Bonchev–Trinajstić information content (AvgIpc) is 3.33. The van der Waals surface area contributed by atoms with Crippen molar-refractivity contribution in [3.63, 3.8) is 0 Å². The van der Waals surface area contributed by atoms with E-state index in [0.29, 0.717) is 13.0 Å². The summed E-state index contributed by atoms with van der Waals surface area (Å²) in [7, 11) is 0. The van der Waals surface area contributed by atoms with Crippen LogP contribution < -0.4 is 15.5 Å². The van der Waals surface area contributed by atoms with Crippen LogP contribution in [-0.4, -0.2) is 52.3 Å². The SMILES string of the molecule is CCNC(=NCCCC(=O)N1CCc2ccccc21)NC1CCc2nc(C)nn2C1. The van der Waals surface area contributed by atoms with Crippen LogP contribution in [0.15, 0.2) is 29.3 Å². The number of aliphatic imine (C=N–C) groups is 1. The van der Waals surface area contributed by atoms with Crippen LogP contribution in [0, 0.1) is 6.92 Å². The number of anilines is 1. The molecule has 0 aliphatic carbocycles. The molecular weight excluding hydrogens is 378 g/mol. The number of carbonyl (C=O) groups is 1. The third kappa shape index (κ3) is 4.63. The zero-order valence-electron chi connectivity index (χ0n) is 17.9. The number of amides is 1. The molecular formula is C22H31N7O. The van der Waals surface area contributed by atoms with Gasteiger partial charge in [0.05, 0.1) is 6.54 Å². The van der Waals surface area contributed by atoms with Gasteiger partial charge in [0.25, 0.3) is 0 Å². The summed E-state index contributed by atoms with van der Waals surface area (Å²) < 4.78 is 1.99. The van der Waals surface area contributed by atoms with E-state index in [1.165, 1.54) is 5.56 Å². The molecule has 2 N–H and O–H groups in total. The summed E-state index contributed by atoms with van der Waals surface area (Å²) >= 11 is 0. The fraction of sp³-hybridized carbons (Fsp3) is 0.545. The third-order valence-corrected chi connectivity index (χ3v) is 5.66. The number of aryl methyl sites for hydroxylation is 2. The van der Waals surface area contributed by atoms with E-state index in [1.54, 1.807) is 0 Å². The number of hydrogen-bond donors (Lipinski definition) is 2. The van der Waals surface area contributed by atoms with Crippen LogP contribution in [0.1, 0.15) is 43.4 Å². The Morgan fingerprint density at radius 3 is 3.03 bits per heavy atom. The number of guanidine groups is 1. The molecule has 3 heterocycles. The zero-order chi connectivity index (χ0) is 20.9. The first kappa shape index (κ1) is 20.4. The quantitative estimate of drug-likeness (QED) is 0.432. The van der Waals surface area contributed by atoms with E-state index in [-0.39, 0.29) is 11.9 Å². The Hall–Kier alpha value is -2.90. The van der Waals surface area contributed by atoms with E-state index in [9.17, 15) is 4.79 Å². The maximum absolute atomic E-state index is 12.6. The molecule has 1 amide bonds. The second-order valence-electron chi connectivity index (χ2n) is 7.93. The van der Waals surface area contributed by atoms with E-state index in [2.05, 4.69) is 33.7 Å². The lowest BCUT2D eigenvalue weighted by molar-refractivity contribution is -0.118. The Morgan fingerprint density at radius 1 is 1.30 bits per heavy atom. The number of benzene rings is 1. The largest absolute Gasteiger partial charge is 0.357 e. The summed E-state index contributed by atoms with van der Waals surface area (Å²) in [5.74, 6) is 2.89. The first-order valence-electron chi connectivity index (χ1n) is 11.0. The van der Waals surface area contributed by atoms with Gasteiger partial charge in [-0.15, -0.1) is 0 Å². The Kier molecular flexibility index (Phi) is 6.30. The van der Waals surface area contributed by atoms with Crippen molar-refractivity contribution in [3.8, 4) is 0 Å². The topological polar surface area (TPSA) is 87.4 Å². The van der Waals surface area contributed by atoms with Crippen molar-refractivity contribution in [3.05, 3.63) is 41.5 Å². The monoisotopic (exact) mass is 409 g/mol. The van der Waals surface area contributed by atoms with Crippen molar-refractivity contribution < 1.29 is 4.79 Å². The molecule has 2 aliphatic rings. The van der Waals surface area contributed by atoms with Crippen LogP contribution >= 0.6 is 0 Å². The summed E-state index contributed by atoms with van der Waals surface area (Å²) in [4.78, 5) is 23.7. The molecule has 0 spiro atoms. The van der Waals surface area contributed by atoms with Gasteiger partial charge < -0.3 is 15.5 Å². The molecule has 30 heavy (non-hydrogen) atoms. The van der Waals surface area contributed by atoms with E-state index in [4.69, 9.17) is 4.99 Å². The highest BCUT2D eigenvalue weighted by molar-refractivity contribution is 5.95. The minimum absolute atomic E-state index is 0.189. The molecule has 1 aromatic carbocycles. The second-order valence-corrected chi connectivity index (χ2v) is 7.93. The lowest BCUT2D eigenvalue weighted by Crippen LogP contribution is -2.47. The molecule has 0 saturated carbocycles. The number of rotatable bonds is 6. The van der Waals surface area contributed by atoms with Gasteiger partial charge in [0.1, 0.15) is 11.6 Å². The van der Waals surface area contributed by atoms with Crippen molar-refractivity contribution >= 4 is 17.6 Å². The van der Waals surface area contributed by atoms with Crippen molar-refractivity contribution in [2.45, 2.75) is 58.5 Å². The number of aromatic nitrogens is 3. The Labute approximate surface area is 177 Å². The maximum Gasteiger partial charge on any atom is 0.227 e. The molecule has 4 rings (SSSR count). The number of nitrogens with zero attached hydrogens (tertiary/aromatic N) is 5. The highest BCUT2D eigenvalue weighted by atomic mass is 16.2. The van der Waals surface area contributed by atoms with Gasteiger partial charge in [0.15, 0.2) is 5.96 Å². The molecule has 8 nitrogen and oxygen atoms in total. The van der Waals surface area contributed by atoms with Gasteiger partial charge in [0, 0.05) is 44.2 Å². The van der Waals surface area contributed by atoms with Crippen molar-refractivity contribution in [1.29, 1.82) is 0 Å². The lowest BCUT2D eigenvalue weighted by Gasteiger charge is -2.25. The molecule has 1 unspecified atom stereocenters. The predicted octanol–water partition coefficient (Wildman–Crippen LogP) is 1.83. The van der Waals surface area contributed by atoms with Gasteiger partial charge in [-0.2, -0.15) is 5.10 Å². The first-order chi connectivity index (χ1) is 14.6. The van der Waals surface area contributed by atoms with Crippen LogP contribution in [0.25, 0.3) is 0 Å². The van der Waals surface area contributed by atoms with E-state index in [0.717, 1.165) is 68.6 Å². The van der Waals surface area contributed by atoms with E-state index in [1.807, 2.05) is 34.7 Å². The van der Waals surface area contributed by atoms with Crippen LogP contribution in [0.2, 0.25) is 0 Å². The molecule has 0 bridgehead atoms. The Morgan fingerprint density at radius 2 is 2.17 bits per heavy atom. The summed E-state index contributed by atoms with van der Waals surface area (Å²) in [5.41, 5.74) is 2.33. The molecule has 0 radical (unpaired) electrons. The average molecular weight is 410 g/mol. The number of para-hydroxylation sites is 1. The molecule has 2 aromatic rings. The first-order valence-corrected chi connectivity index (χ1v) is 11.0. The molecule has 8 heteroatoms. The number of hydrogen-bond acceptors (Lipinski definition) is 4. The normalized spacial score (nSPS) is 18.1. The van der Waals surface area contributed by atoms with Crippen LogP contribution in [0.5, 0.6) is 0 Å². The minimum atomic E-state index is 0.189. The Bertz CT molecular complexity index is 920. The van der Waals surface area contributed by atoms with Gasteiger partial charge in [-0.25, -0.2) is 9.67 Å².